The number of hydrogen-bond donors (Lipinski definition) is 1. The molecule has 2 rings (SSSR count). The van der Waals surface area contributed by atoms with Crippen LogP contribution in [0.15, 0.2) is 18.2 Å². The first-order valence-corrected chi connectivity index (χ1v) is 11.1. The smallest absolute Gasteiger partial charge is 0.208 e. The fourth-order valence-electron chi connectivity index (χ4n) is 3.81. The van der Waals surface area contributed by atoms with Crippen molar-refractivity contribution in [2.75, 3.05) is 25.9 Å². The van der Waals surface area contributed by atoms with Crippen molar-refractivity contribution in [3.05, 3.63) is 34.9 Å². The summed E-state index contributed by atoms with van der Waals surface area (Å²) in [6.45, 7) is 7.33. The average molecular weight is 353 g/mol. The molecule has 5 heteroatoms. The fourth-order valence-corrected chi connectivity index (χ4v) is 4.29. The molecular formula is C19H32N2O2S. The lowest BCUT2D eigenvalue weighted by atomic mass is 9.84. The molecule has 4 nitrogen and oxygen atoms in total. The second-order valence-corrected chi connectivity index (χ2v) is 8.74. The standard InChI is InChI=1S/C19H32N2O2S/c1-4-13-21(14-5-2)18-10-9-16-7-6-8-17(19(16)15-18)11-12-20-24(3,22)23/h6-8,18,20H,4-5,9-15H2,1-3H3. The van der Waals surface area contributed by atoms with Gasteiger partial charge in [-0.25, -0.2) is 13.1 Å². The Morgan fingerprint density at radius 1 is 1.21 bits per heavy atom. The van der Waals surface area contributed by atoms with E-state index in [1.54, 1.807) is 0 Å². The van der Waals surface area contributed by atoms with E-state index in [4.69, 9.17) is 0 Å². The van der Waals surface area contributed by atoms with Gasteiger partial charge in [0.1, 0.15) is 0 Å². The topological polar surface area (TPSA) is 49.4 Å². The Labute approximate surface area is 147 Å². The van der Waals surface area contributed by atoms with Gasteiger partial charge >= 0.3 is 0 Å². The summed E-state index contributed by atoms with van der Waals surface area (Å²) in [4.78, 5) is 2.65. The van der Waals surface area contributed by atoms with Crippen LogP contribution in [-0.4, -0.2) is 45.2 Å². The molecule has 0 spiro atoms. The summed E-state index contributed by atoms with van der Waals surface area (Å²) in [5.74, 6) is 0. The maximum absolute atomic E-state index is 11.3. The van der Waals surface area contributed by atoms with Gasteiger partial charge in [0, 0.05) is 12.6 Å². The van der Waals surface area contributed by atoms with Crippen molar-refractivity contribution in [1.82, 2.24) is 9.62 Å². The Hall–Kier alpha value is -0.910. The summed E-state index contributed by atoms with van der Waals surface area (Å²) in [6.07, 6.45) is 7.85. The molecule has 1 aliphatic rings. The number of fused-ring (bicyclic) bond motifs is 1. The van der Waals surface area contributed by atoms with Gasteiger partial charge in [0.2, 0.25) is 10.0 Å². The molecule has 1 aromatic carbocycles. The van der Waals surface area contributed by atoms with Crippen LogP contribution in [0, 0.1) is 0 Å². The Morgan fingerprint density at radius 2 is 1.92 bits per heavy atom. The van der Waals surface area contributed by atoms with Crippen LogP contribution in [0.5, 0.6) is 0 Å². The average Bonchev–Trinajstić information content (AvgIpc) is 2.53. The Bertz CT molecular complexity index is 622. The van der Waals surface area contributed by atoms with Crippen molar-refractivity contribution < 1.29 is 8.42 Å². The number of nitrogens with one attached hydrogen (secondary N) is 1. The Kier molecular flexibility index (Phi) is 7.26. The van der Waals surface area contributed by atoms with Gasteiger partial charge in [-0.2, -0.15) is 0 Å². The zero-order valence-corrected chi connectivity index (χ0v) is 16.2. The van der Waals surface area contributed by atoms with E-state index < -0.39 is 10.0 Å². The van der Waals surface area contributed by atoms with E-state index in [9.17, 15) is 8.42 Å². The van der Waals surface area contributed by atoms with E-state index in [0.29, 0.717) is 12.6 Å². The van der Waals surface area contributed by atoms with Gasteiger partial charge in [0.05, 0.1) is 6.26 Å². The van der Waals surface area contributed by atoms with Crippen molar-refractivity contribution in [3.63, 3.8) is 0 Å². The van der Waals surface area contributed by atoms with Gasteiger partial charge < -0.3 is 4.90 Å². The number of benzene rings is 1. The summed E-state index contributed by atoms with van der Waals surface area (Å²) in [7, 11) is -3.11. The van der Waals surface area contributed by atoms with Crippen LogP contribution in [-0.2, 0) is 29.3 Å². The maximum atomic E-state index is 11.3. The maximum Gasteiger partial charge on any atom is 0.208 e. The molecule has 136 valence electrons. The largest absolute Gasteiger partial charge is 0.300 e. The first-order valence-electron chi connectivity index (χ1n) is 9.23. The highest BCUT2D eigenvalue weighted by Crippen LogP contribution is 2.28. The molecular weight excluding hydrogens is 320 g/mol. The minimum Gasteiger partial charge on any atom is -0.300 e. The predicted molar refractivity (Wildman–Crippen MR) is 101 cm³/mol. The van der Waals surface area contributed by atoms with E-state index in [0.717, 1.165) is 19.3 Å². The first-order chi connectivity index (χ1) is 11.4. The highest BCUT2D eigenvalue weighted by molar-refractivity contribution is 7.88. The third-order valence-corrected chi connectivity index (χ3v) is 5.58. The van der Waals surface area contributed by atoms with E-state index in [2.05, 4.69) is 41.7 Å². The third kappa shape index (κ3) is 5.57. The second-order valence-electron chi connectivity index (χ2n) is 6.90. The lowest BCUT2D eigenvalue weighted by Crippen LogP contribution is -2.40. The van der Waals surface area contributed by atoms with E-state index >= 15 is 0 Å². The molecule has 1 aliphatic carbocycles. The van der Waals surface area contributed by atoms with Crippen molar-refractivity contribution >= 4 is 10.0 Å². The number of rotatable bonds is 9. The zero-order chi connectivity index (χ0) is 17.6. The van der Waals surface area contributed by atoms with Crippen molar-refractivity contribution in [1.29, 1.82) is 0 Å². The molecule has 1 atom stereocenters. The molecule has 0 saturated heterocycles. The molecule has 0 aliphatic heterocycles. The molecule has 0 heterocycles. The van der Waals surface area contributed by atoms with Crippen LogP contribution in [0.4, 0.5) is 0 Å². The molecule has 0 amide bonds. The van der Waals surface area contributed by atoms with Gasteiger partial charge in [0.15, 0.2) is 0 Å². The van der Waals surface area contributed by atoms with Crippen molar-refractivity contribution in [3.8, 4) is 0 Å². The molecule has 0 radical (unpaired) electrons. The Morgan fingerprint density at radius 3 is 2.54 bits per heavy atom. The van der Waals surface area contributed by atoms with Gasteiger partial charge in [-0.05, 0) is 68.3 Å². The molecule has 1 aromatic rings. The van der Waals surface area contributed by atoms with Crippen LogP contribution in [0.2, 0.25) is 0 Å². The van der Waals surface area contributed by atoms with E-state index in [-0.39, 0.29) is 0 Å². The predicted octanol–water partition coefficient (Wildman–Crippen LogP) is 2.76. The van der Waals surface area contributed by atoms with E-state index in [1.807, 2.05) is 0 Å². The molecule has 0 saturated carbocycles. The van der Waals surface area contributed by atoms with Crippen molar-refractivity contribution in [2.45, 2.75) is 58.4 Å². The van der Waals surface area contributed by atoms with Gasteiger partial charge in [-0.3, -0.25) is 0 Å². The minimum atomic E-state index is -3.11. The van der Waals surface area contributed by atoms with Gasteiger partial charge in [0.25, 0.3) is 0 Å². The second kappa shape index (κ2) is 8.97. The van der Waals surface area contributed by atoms with Crippen LogP contribution in [0.25, 0.3) is 0 Å². The van der Waals surface area contributed by atoms with Crippen LogP contribution >= 0.6 is 0 Å². The summed E-state index contributed by atoms with van der Waals surface area (Å²) in [5, 5.41) is 0. The summed E-state index contributed by atoms with van der Waals surface area (Å²) in [5.41, 5.74) is 4.22. The fraction of sp³-hybridized carbons (Fsp3) is 0.684. The number of nitrogens with zero attached hydrogens (tertiary/aromatic N) is 1. The van der Waals surface area contributed by atoms with Gasteiger partial charge in [-0.15, -0.1) is 0 Å². The third-order valence-electron chi connectivity index (χ3n) is 4.85. The summed E-state index contributed by atoms with van der Waals surface area (Å²) < 4.78 is 25.2. The monoisotopic (exact) mass is 352 g/mol. The highest BCUT2D eigenvalue weighted by Gasteiger charge is 2.24. The number of hydrogen-bond acceptors (Lipinski definition) is 3. The molecule has 0 fully saturated rings. The SMILES string of the molecule is CCCN(CCC)C1CCc2cccc(CCNS(C)(=O)=O)c2C1. The molecule has 1 unspecified atom stereocenters. The quantitative estimate of drug-likeness (QED) is 0.743. The number of sulfonamides is 1. The van der Waals surface area contributed by atoms with Crippen LogP contribution in [0.1, 0.15) is 49.8 Å². The first kappa shape index (κ1) is 19.4. The normalized spacial score (nSPS) is 17.9. The Balaban J connectivity index is 2.10. The van der Waals surface area contributed by atoms with Crippen molar-refractivity contribution in [2.24, 2.45) is 0 Å². The summed E-state index contributed by atoms with van der Waals surface area (Å²) >= 11 is 0. The highest BCUT2D eigenvalue weighted by atomic mass is 32.2. The minimum absolute atomic E-state index is 0.480. The van der Waals surface area contributed by atoms with Crippen LogP contribution in [0.3, 0.4) is 0 Å². The lowest BCUT2D eigenvalue weighted by molar-refractivity contribution is 0.179. The molecule has 0 aromatic heterocycles. The summed E-state index contributed by atoms with van der Waals surface area (Å²) in [6, 6.07) is 7.14. The van der Waals surface area contributed by atoms with Crippen LogP contribution < -0.4 is 4.72 Å². The van der Waals surface area contributed by atoms with E-state index in [1.165, 1.54) is 55.3 Å². The van der Waals surface area contributed by atoms with Gasteiger partial charge in [-0.1, -0.05) is 32.0 Å². The molecule has 24 heavy (non-hydrogen) atoms. The lowest BCUT2D eigenvalue weighted by Gasteiger charge is -2.36. The molecule has 1 N–H and O–H groups in total. The zero-order valence-electron chi connectivity index (χ0n) is 15.3. The molecule has 0 bridgehead atoms. The number of aryl methyl sites for hydroxylation is 1.